The van der Waals surface area contributed by atoms with Crippen LogP contribution in [0.1, 0.15) is 48.2 Å². The zero-order valence-electron chi connectivity index (χ0n) is 15.3. The Morgan fingerprint density at radius 2 is 2.16 bits per heavy atom. The highest BCUT2D eigenvalue weighted by Crippen LogP contribution is 2.25. The summed E-state index contributed by atoms with van der Waals surface area (Å²) in [5.74, 6) is 1.03. The first-order valence-electron chi connectivity index (χ1n) is 9.22. The number of aliphatic hydroxyl groups excluding tert-OH is 1. The molecule has 6 heteroatoms. The van der Waals surface area contributed by atoms with Crippen LogP contribution in [-0.2, 0) is 13.1 Å². The van der Waals surface area contributed by atoms with E-state index in [1.54, 1.807) is 0 Å². The maximum Gasteiger partial charge on any atom is 0.128 e. The summed E-state index contributed by atoms with van der Waals surface area (Å²) in [7, 11) is 0. The van der Waals surface area contributed by atoms with E-state index in [9.17, 15) is 5.11 Å². The quantitative estimate of drug-likeness (QED) is 0.720. The van der Waals surface area contributed by atoms with E-state index in [1.165, 1.54) is 24.0 Å². The van der Waals surface area contributed by atoms with E-state index in [0.29, 0.717) is 6.04 Å². The van der Waals surface area contributed by atoms with Crippen molar-refractivity contribution in [1.29, 1.82) is 0 Å². The van der Waals surface area contributed by atoms with Crippen molar-refractivity contribution in [3.63, 3.8) is 0 Å². The third-order valence-electron chi connectivity index (χ3n) is 5.10. The monoisotopic (exact) mass is 343 g/mol. The molecule has 0 amide bonds. The van der Waals surface area contributed by atoms with Gasteiger partial charge in [0.2, 0.25) is 0 Å². The molecule has 1 aliphatic heterocycles. The van der Waals surface area contributed by atoms with Gasteiger partial charge in [-0.05, 0) is 51.2 Å². The summed E-state index contributed by atoms with van der Waals surface area (Å²) in [6.07, 6.45) is 6.39. The molecular weight excluding hydrogens is 314 g/mol. The minimum Gasteiger partial charge on any atom is -0.396 e. The molecule has 0 saturated carbocycles. The highest BCUT2D eigenvalue weighted by molar-refractivity contribution is 5.41. The zero-order chi connectivity index (χ0) is 17.6. The van der Waals surface area contributed by atoms with Gasteiger partial charge in [0, 0.05) is 49.7 Å². The van der Waals surface area contributed by atoms with Crippen molar-refractivity contribution in [1.82, 2.24) is 20.5 Å². The van der Waals surface area contributed by atoms with Gasteiger partial charge in [0.1, 0.15) is 5.82 Å². The Hall–Kier alpha value is -1.92. The van der Waals surface area contributed by atoms with E-state index in [1.807, 2.05) is 13.1 Å². The number of aryl methyl sites for hydroxylation is 2. The summed E-state index contributed by atoms with van der Waals surface area (Å²) in [4.78, 5) is 7.03. The number of piperidine rings is 1. The van der Waals surface area contributed by atoms with Crippen molar-refractivity contribution >= 4 is 5.82 Å². The lowest BCUT2D eigenvalue weighted by Crippen LogP contribution is -2.40. The second-order valence-electron chi connectivity index (χ2n) is 6.90. The maximum absolute atomic E-state index is 9.28. The van der Waals surface area contributed by atoms with Crippen LogP contribution in [-0.4, -0.2) is 39.5 Å². The summed E-state index contributed by atoms with van der Waals surface area (Å²) >= 11 is 0. The lowest BCUT2D eigenvalue weighted by Gasteiger charge is -2.36. The molecule has 3 heterocycles. The van der Waals surface area contributed by atoms with E-state index in [2.05, 4.69) is 44.5 Å². The largest absolute Gasteiger partial charge is 0.396 e. The fourth-order valence-electron chi connectivity index (χ4n) is 3.61. The molecule has 1 fully saturated rings. The van der Waals surface area contributed by atoms with Crippen LogP contribution in [0.5, 0.6) is 0 Å². The molecular formula is C19H29N5O. The highest BCUT2D eigenvalue weighted by Gasteiger charge is 2.22. The van der Waals surface area contributed by atoms with Crippen molar-refractivity contribution in [3.05, 3.63) is 40.8 Å². The first-order chi connectivity index (χ1) is 12.2. The number of pyridine rings is 1. The Morgan fingerprint density at radius 3 is 2.84 bits per heavy atom. The normalized spacial score (nSPS) is 17.9. The van der Waals surface area contributed by atoms with Crippen molar-refractivity contribution in [3.8, 4) is 0 Å². The number of rotatable bonds is 7. The topological polar surface area (TPSA) is 77.1 Å². The fraction of sp³-hybridized carbons (Fsp3) is 0.579. The van der Waals surface area contributed by atoms with Gasteiger partial charge < -0.3 is 15.3 Å². The second kappa shape index (κ2) is 8.45. The summed E-state index contributed by atoms with van der Waals surface area (Å²) < 4.78 is 0. The predicted octanol–water partition coefficient (Wildman–Crippen LogP) is 2.45. The number of hydrogen-bond donors (Lipinski definition) is 3. The van der Waals surface area contributed by atoms with Crippen molar-refractivity contribution in [2.24, 2.45) is 0 Å². The van der Waals surface area contributed by atoms with Gasteiger partial charge in [-0.25, -0.2) is 4.98 Å². The smallest absolute Gasteiger partial charge is 0.128 e. The number of aromatic amines is 1. The summed E-state index contributed by atoms with van der Waals surface area (Å²) in [5, 5.41) is 20.0. The third-order valence-corrected chi connectivity index (χ3v) is 5.10. The van der Waals surface area contributed by atoms with Gasteiger partial charge in [-0.3, -0.25) is 5.10 Å². The number of nitrogens with one attached hydrogen (secondary N) is 2. The maximum atomic E-state index is 9.28. The van der Waals surface area contributed by atoms with Crippen LogP contribution in [0.4, 0.5) is 5.82 Å². The molecule has 136 valence electrons. The number of anilines is 1. The van der Waals surface area contributed by atoms with Gasteiger partial charge in [0.25, 0.3) is 0 Å². The van der Waals surface area contributed by atoms with Crippen molar-refractivity contribution < 1.29 is 5.11 Å². The van der Waals surface area contributed by atoms with Gasteiger partial charge in [0.15, 0.2) is 0 Å². The van der Waals surface area contributed by atoms with E-state index < -0.39 is 0 Å². The minimum absolute atomic E-state index is 0.246. The number of hydrogen-bond acceptors (Lipinski definition) is 5. The Labute approximate surface area is 149 Å². The average molecular weight is 343 g/mol. The molecule has 25 heavy (non-hydrogen) atoms. The second-order valence-corrected chi connectivity index (χ2v) is 6.90. The van der Waals surface area contributed by atoms with E-state index in [4.69, 9.17) is 0 Å². The molecule has 0 radical (unpaired) electrons. The van der Waals surface area contributed by atoms with Gasteiger partial charge in [0.05, 0.1) is 5.69 Å². The summed E-state index contributed by atoms with van der Waals surface area (Å²) in [5.41, 5.74) is 4.60. The van der Waals surface area contributed by atoms with Crippen LogP contribution in [0, 0.1) is 13.8 Å². The molecule has 0 aliphatic carbocycles. The molecule has 1 aliphatic rings. The van der Waals surface area contributed by atoms with Crippen LogP contribution in [0.3, 0.4) is 0 Å². The lowest BCUT2D eigenvalue weighted by molar-refractivity contribution is 0.262. The Balaban J connectivity index is 1.56. The molecule has 1 atom stereocenters. The molecule has 6 nitrogen and oxygen atoms in total. The van der Waals surface area contributed by atoms with Gasteiger partial charge in [-0.2, -0.15) is 5.10 Å². The summed E-state index contributed by atoms with van der Waals surface area (Å²) in [6.45, 7) is 6.95. The zero-order valence-corrected chi connectivity index (χ0v) is 15.3. The molecule has 1 saturated heterocycles. The molecule has 2 aromatic rings. The van der Waals surface area contributed by atoms with E-state index in [0.717, 1.165) is 49.7 Å². The average Bonchev–Trinajstić information content (AvgIpc) is 2.95. The molecule has 3 rings (SSSR count). The van der Waals surface area contributed by atoms with Crippen LogP contribution < -0.4 is 10.2 Å². The van der Waals surface area contributed by atoms with E-state index >= 15 is 0 Å². The number of H-pyrrole nitrogens is 1. The Kier molecular flexibility index (Phi) is 6.04. The van der Waals surface area contributed by atoms with Gasteiger partial charge >= 0.3 is 0 Å². The Morgan fingerprint density at radius 1 is 1.28 bits per heavy atom. The fourth-order valence-corrected chi connectivity index (χ4v) is 3.61. The van der Waals surface area contributed by atoms with Crippen molar-refractivity contribution in [2.45, 2.75) is 58.7 Å². The van der Waals surface area contributed by atoms with Crippen LogP contribution in [0.2, 0.25) is 0 Å². The standard InChI is InChI=1S/C19H29N5O/c1-14-18(15(2)23-22-14)13-20-11-16-6-7-19(21-12-16)24-9-4-3-5-17(24)8-10-25/h6-7,12,17,20,25H,3-5,8-11,13H2,1-2H3,(H,22,23)/t17-/m1/s1. The van der Waals surface area contributed by atoms with Crippen LogP contribution >= 0.6 is 0 Å². The molecule has 0 bridgehead atoms. The number of nitrogens with zero attached hydrogens (tertiary/aromatic N) is 3. The molecule has 0 unspecified atom stereocenters. The molecule has 2 aromatic heterocycles. The molecule has 3 N–H and O–H groups in total. The lowest BCUT2D eigenvalue weighted by atomic mass is 9.99. The van der Waals surface area contributed by atoms with Gasteiger partial charge in [-0.1, -0.05) is 6.07 Å². The third kappa shape index (κ3) is 4.38. The van der Waals surface area contributed by atoms with Crippen LogP contribution in [0.15, 0.2) is 18.3 Å². The highest BCUT2D eigenvalue weighted by atomic mass is 16.3. The SMILES string of the molecule is Cc1n[nH]c(C)c1CNCc1ccc(N2CCCC[C@@H]2CCO)nc1. The molecule has 0 aromatic carbocycles. The van der Waals surface area contributed by atoms with Gasteiger partial charge in [-0.15, -0.1) is 0 Å². The molecule has 0 spiro atoms. The first kappa shape index (κ1) is 17.9. The predicted molar refractivity (Wildman–Crippen MR) is 99.5 cm³/mol. The first-order valence-corrected chi connectivity index (χ1v) is 9.22. The Bertz CT molecular complexity index is 645. The number of aromatic nitrogens is 3. The number of aliphatic hydroxyl groups is 1. The minimum atomic E-state index is 0.246. The van der Waals surface area contributed by atoms with E-state index in [-0.39, 0.29) is 6.61 Å². The summed E-state index contributed by atoms with van der Waals surface area (Å²) in [6, 6.07) is 4.68. The van der Waals surface area contributed by atoms with Crippen molar-refractivity contribution in [2.75, 3.05) is 18.1 Å². The van der Waals surface area contributed by atoms with Crippen LogP contribution in [0.25, 0.3) is 0 Å².